The Morgan fingerprint density at radius 3 is 1.25 bits per heavy atom. The summed E-state index contributed by atoms with van der Waals surface area (Å²) >= 11 is 0. The number of likely N-dealkylation sites (tertiary alicyclic amines) is 2. The summed E-state index contributed by atoms with van der Waals surface area (Å²) in [5, 5.41) is 32.6. The van der Waals surface area contributed by atoms with E-state index in [0.717, 1.165) is 48.7 Å². The molecule has 234 valence electrons. The number of carboxylic acids is 2. The Balaban J connectivity index is 0.000000170. The van der Waals surface area contributed by atoms with Crippen molar-refractivity contribution in [2.45, 2.75) is 51.6 Å². The van der Waals surface area contributed by atoms with Gasteiger partial charge in [0.25, 0.3) is 0 Å². The van der Waals surface area contributed by atoms with Crippen molar-refractivity contribution in [1.82, 2.24) is 39.8 Å². The lowest BCUT2D eigenvalue weighted by Crippen LogP contribution is -2.32. The molecule has 0 amide bonds. The molecule has 0 aliphatic carbocycles. The summed E-state index contributed by atoms with van der Waals surface area (Å²) in [7, 11) is 0. The summed E-state index contributed by atoms with van der Waals surface area (Å²) in [6.45, 7) is 8.80. The van der Waals surface area contributed by atoms with Crippen molar-refractivity contribution in [2.24, 2.45) is 0 Å². The highest BCUT2D eigenvalue weighted by atomic mass is 16.4. The van der Waals surface area contributed by atoms with Gasteiger partial charge in [-0.15, -0.1) is 0 Å². The van der Waals surface area contributed by atoms with Gasteiger partial charge in [0.2, 0.25) is 0 Å². The van der Waals surface area contributed by atoms with Crippen LogP contribution >= 0.6 is 0 Å². The predicted octanol–water partition coefficient (Wildman–Crippen LogP) is 4.02. The van der Waals surface area contributed by atoms with E-state index in [1.807, 2.05) is 58.4 Å². The number of carboxylic acid groups (broad SMARTS) is 2. The number of rotatable bonds is 8. The first-order valence-electron chi connectivity index (χ1n) is 15.3. The van der Waals surface area contributed by atoms with Crippen LogP contribution in [0.5, 0.6) is 0 Å². The Bertz CT molecular complexity index is 1290. The van der Waals surface area contributed by atoms with E-state index >= 15 is 0 Å². The molecule has 44 heavy (non-hydrogen) atoms. The maximum atomic E-state index is 9.10. The molecule has 0 spiro atoms. The average Bonchev–Trinajstić information content (AvgIpc) is 3.76. The highest BCUT2D eigenvalue weighted by Gasteiger charge is 2.12. The highest BCUT2D eigenvalue weighted by molar-refractivity contribution is 6.27. The van der Waals surface area contributed by atoms with Crippen molar-refractivity contribution in [3.63, 3.8) is 0 Å². The fourth-order valence-corrected chi connectivity index (χ4v) is 5.12. The highest BCUT2D eigenvalue weighted by Crippen LogP contribution is 2.16. The number of hydrogen-bond acceptors (Lipinski definition) is 8. The summed E-state index contributed by atoms with van der Waals surface area (Å²) in [4.78, 5) is 26.8. The summed E-state index contributed by atoms with van der Waals surface area (Å²) < 4.78 is 0. The molecule has 2 aliphatic heterocycles. The molecule has 2 aromatic heterocycles. The third kappa shape index (κ3) is 11.0. The summed E-state index contributed by atoms with van der Waals surface area (Å²) in [5.41, 5.74) is 4.18. The molecule has 0 bridgehead atoms. The predicted molar refractivity (Wildman–Crippen MR) is 167 cm³/mol. The Kier molecular flexibility index (Phi) is 13.0. The van der Waals surface area contributed by atoms with E-state index in [4.69, 9.17) is 19.8 Å². The molecule has 0 radical (unpaired) electrons. The van der Waals surface area contributed by atoms with Crippen LogP contribution in [-0.4, -0.2) is 101 Å². The zero-order valence-corrected chi connectivity index (χ0v) is 25.1. The van der Waals surface area contributed by atoms with Gasteiger partial charge in [0.15, 0.2) is 0 Å². The van der Waals surface area contributed by atoms with Crippen molar-refractivity contribution in [3.8, 4) is 22.5 Å². The van der Waals surface area contributed by atoms with Crippen molar-refractivity contribution < 1.29 is 19.8 Å². The van der Waals surface area contributed by atoms with E-state index in [9.17, 15) is 0 Å². The smallest absolute Gasteiger partial charge is 0.414 e. The Morgan fingerprint density at radius 1 is 0.545 bits per heavy atom. The Labute approximate surface area is 257 Å². The van der Waals surface area contributed by atoms with Gasteiger partial charge in [-0.3, -0.25) is 0 Å². The first kappa shape index (κ1) is 32.5. The quantitative estimate of drug-likeness (QED) is 0.284. The minimum Gasteiger partial charge on any atom is -0.473 e. The lowest BCUT2D eigenvalue weighted by Gasteiger charge is -2.25. The second-order valence-corrected chi connectivity index (χ2v) is 10.8. The van der Waals surface area contributed by atoms with E-state index in [1.165, 1.54) is 64.7 Å². The molecular weight excluding hydrogens is 560 g/mol. The van der Waals surface area contributed by atoms with Crippen LogP contribution in [0.25, 0.3) is 22.5 Å². The number of hydrogen-bond donors (Lipinski definition) is 2. The van der Waals surface area contributed by atoms with Crippen LogP contribution in [-0.2, 0) is 22.7 Å². The van der Waals surface area contributed by atoms with Crippen molar-refractivity contribution >= 4 is 11.9 Å². The zero-order valence-electron chi connectivity index (χ0n) is 25.1. The van der Waals surface area contributed by atoms with E-state index < -0.39 is 11.9 Å². The minimum absolute atomic E-state index is 0.882. The van der Waals surface area contributed by atoms with Gasteiger partial charge < -0.3 is 20.0 Å². The lowest BCUT2D eigenvalue weighted by molar-refractivity contribution is -0.159. The van der Waals surface area contributed by atoms with Gasteiger partial charge in [0.05, 0.1) is 25.5 Å². The van der Waals surface area contributed by atoms with Crippen LogP contribution < -0.4 is 0 Å². The fraction of sp³-hybridized carbons (Fsp3) is 0.438. The number of nitrogens with zero attached hydrogens (tertiary/aromatic N) is 8. The first-order valence-corrected chi connectivity index (χ1v) is 15.3. The molecule has 12 nitrogen and oxygen atoms in total. The Hall–Kier alpha value is -4.42. The van der Waals surface area contributed by atoms with Gasteiger partial charge in [-0.05, 0) is 51.9 Å². The normalized spacial score (nSPS) is 15.4. The fourth-order valence-electron chi connectivity index (χ4n) is 5.12. The average molecular weight is 603 g/mol. The van der Waals surface area contributed by atoms with Crippen LogP contribution in [0.4, 0.5) is 0 Å². The van der Waals surface area contributed by atoms with Crippen LogP contribution in [0.1, 0.15) is 38.5 Å². The van der Waals surface area contributed by atoms with Crippen LogP contribution in [0.3, 0.4) is 0 Å². The van der Waals surface area contributed by atoms with Gasteiger partial charge in [0.1, 0.15) is 11.4 Å². The third-order valence-corrected chi connectivity index (χ3v) is 7.52. The number of benzene rings is 2. The second kappa shape index (κ2) is 17.6. The molecule has 2 fully saturated rings. The molecule has 4 aromatic rings. The van der Waals surface area contributed by atoms with Gasteiger partial charge in [-0.2, -0.15) is 30.0 Å². The van der Waals surface area contributed by atoms with Gasteiger partial charge >= 0.3 is 11.9 Å². The lowest BCUT2D eigenvalue weighted by atomic mass is 10.1. The third-order valence-electron chi connectivity index (χ3n) is 7.52. The molecular formula is C32H42N8O4. The molecule has 0 unspecified atom stereocenters. The molecule has 0 saturated carbocycles. The largest absolute Gasteiger partial charge is 0.473 e. The molecule has 2 N–H and O–H groups in total. The SMILES string of the molecule is O=C(O)C(=O)O.c1ccc(-c2cnn(CCN3CCCCC3)n2)cc1.c1ccc(-c2cnn(CCN3CCCCC3)n2)cc1. The monoisotopic (exact) mass is 602 g/mol. The molecule has 2 aliphatic rings. The van der Waals surface area contributed by atoms with Crippen LogP contribution in [0, 0.1) is 0 Å². The second-order valence-electron chi connectivity index (χ2n) is 10.8. The van der Waals surface area contributed by atoms with E-state index in [2.05, 4.69) is 54.5 Å². The van der Waals surface area contributed by atoms with Crippen LogP contribution in [0.2, 0.25) is 0 Å². The molecule has 6 rings (SSSR count). The zero-order chi connectivity index (χ0) is 31.0. The maximum Gasteiger partial charge on any atom is 0.414 e. The molecule has 0 atom stereocenters. The summed E-state index contributed by atoms with van der Waals surface area (Å²) in [6, 6.07) is 20.4. The number of carbonyl (C=O) groups is 2. The molecule has 2 saturated heterocycles. The standard InChI is InChI=1S/2C15H20N4.C2H2O4/c2*1-3-7-14(8-4-1)15-13-16-19(17-15)12-11-18-9-5-2-6-10-18;3-1(4)2(5)6/h2*1,3-4,7-8,13H,2,5-6,9-12H2;(H,3,4)(H,5,6). The van der Waals surface area contributed by atoms with E-state index in [1.54, 1.807) is 0 Å². The van der Waals surface area contributed by atoms with Gasteiger partial charge in [-0.1, -0.05) is 73.5 Å². The summed E-state index contributed by atoms with van der Waals surface area (Å²) in [6.07, 6.45) is 11.8. The first-order chi connectivity index (χ1) is 21.5. The van der Waals surface area contributed by atoms with Crippen molar-refractivity contribution in [2.75, 3.05) is 39.3 Å². The topological polar surface area (TPSA) is 142 Å². The van der Waals surface area contributed by atoms with E-state index in [0.29, 0.717) is 0 Å². The number of aliphatic carboxylic acids is 2. The molecule has 12 heteroatoms. The van der Waals surface area contributed by atoms with E-state index in [-0.39, 0.29) is 0 Å². The Morgan fingerprint density at radius 2 is 0.909 bits per heavy atom. The molecule has 4 heterocycles. The maximum absolute atomic E-state index is 9.10. The number of aromatic nitrogens is 6. The van der Waals surface area contributed by atoms with Gasteiger partial charge in [-0.25, -0.2) is 9.59 Å². The van der Waals surface area contributed by atoms with Crippen molar-refractivity contribution in [1.29, 1.82) is 0 Å². The minimum atomic E-state index is -1.82. The molecule has 2 aromatic carbocycles. The van der Waals surface area contributed by atoms with Crippen molar-refractivity contribution in [3.05, 3.63) is 73.1 Å². The summed E-state index contributed by atoms with van der Waals surface area (Å²) in [5.74, 6) is -3.65. The number of piperidine rings is 2. The van der Waals surface area contributed by atoms with Crippen LogP contribution in [0.15, 0.2) is 73.1 Å². The van der Waals surface area contributed by atoms with Gasteiger partial charge in [0, 0.05) is 24.2 Å².